The Labute approximate surface area is 149 Å². The molecular formula is C16H17Cl2N5O. The maximum Gasteiger partial charge on any atom is 0.258 e. The van der Waals surface area contributed by atoms with Gasteiger partial charge in [0.2, 0.25) is 0 Å². The first-order chi connectivity index (χ1) is 11.5. The summed E-state index contributed by atoms with van der Waals surface area (Å²) in [4.78, 5) is 8.70. The van der Waals surface area contributed by atoms with Crippen LogP contribution in [0.15, 0.2) is 28.9 Å². The van der Waals surface area contributed by atoms with E-state index in [4.69, 9.17) is 27.7 Å². The van der Waals surface area contributed by atoms with Crippen molar-refractivity contribution >= 4 is 29.0 Å². The predicted molar refractivity (Wildman–Crippen MR) is 94.4 cm³/mol. The Bertz CT molecular complexity index is 856. The average Bonchev–Trinajstić information content (AvgIpc) is 3.15. The molecule has 3 heterocycles. The Morgan fingerprint density at radius 1 is 1.29 bits per heavy atom. The van der Waals surface area contributed by atoms with Crippen molar-refractivity contribution in [3.63, 3.8) is 0 Å². The zero-order valence-corrected chi connectivity index (χ0v) is 15.1. The van der Waals surface area contributed by atoms with Crippen molar-refractivity contribution in [2.45, 2.75) is 26.3 Å². The van der Waals surface area contributed by atoms with Gasteiger partial charge >= 0.3 is 0 Å². The van der Waals surface area contributed by atoms with Crippen molar-refractivity contribution in [1.29, 1.82) is 0 Å². The van der Waals surface area contributed by atoms with Gasteiger partial charge in [-0.25, -0.2) is 4.98 Å². The minimum Gasteiger partial charge on any atom is -0.364 e. The fourth-order valence-corrected chi connectivity index (χ4v) is 2.60. The van der Waals surface area contributed by atoms with E-state index in [1.54, 1.807) is 6.20 Å². The normalized spacial score (nSPS) is 11.2. The number of nitrogens with one attached hydrogen (secondary N) is 1. The molecule has 0 aliphatic rings. The number of rotatable bonds is 5. The molecule has 0 radical (unpaired) electrons. The van der Waals surface area contributed by atoms with Gasteiger partial charge in [-0.2, -0.15) is 4.98 Å². The molecule has 0 unspecified atom stereocenters. The van der Waals surface area contributed by atoms with E-state index in [0.717, 1.165) is 11.3 Å². The van der Waals surface area contributed by atoms with Gasteiger partial charge in [0, 0.05) is 30.4 Å². The summed E-state index contributed by atoms with van der Waals surface area (Å²) >= 11 is 12.1. The van der Waals surface area contributed by atoms with Crippen molar-refractivity contribution in [3.8, 4) is 11.5 Å². The highest BCUT2D eigenvalue weighted by Crippen LogP contribution is 2.26. The van der Waals surface area contributed by atoms with E-state index in [1.165, 1.54) is 0 Å². The van der Waals surface area contributed by atoms with E-state index in [9.17, 15) is 0 Å². The number of anilines is 1. The number of aromatic nitrogens is 4. The Balaban J connectivity index is 1.76. The van der Waals surface area contributed by atoms with Crippen LogP contribution in [0.4, 0.5) is 5.82 Å². The third kappa shape index (κ3) is 3.39. The lowest BCUT2D eigenvalue weighted by Gasteiger charge is -2.07. The molecule has 0 fully saturated rings. The van der Waals surface area contributed by atoms with Crippen LogP contribution < -0.4 is 5.32 Å². The van der Waals surface area contributed by atoms with Crippen LogP contribution in [0.2, 0.25) is 10.2 Å². The summed E-state index contributed by atoms with van der Waals surface area (Å²) < 4.78 is 7.14. The summed E-state index contributed by atoms with van der Waals surface area (Å²) in [5.74, 6) is 2.08. The molecule has 0 aliphatic carbocycles. The smallest absolute Gasteiger partial charge is 0.258 e. The lowest BCUT2D eigenvalue weighted by molar-refractivity contribution is 0.419. The molecule has 1 N–H and O–H groups in total. The van der Waals surface area contributed by atoms with Crippen LogP contribution in [0.5, 0.6) is 0 Å². The Morgan fingerprint density at radius 3 is 2.71 bits per heavy atom. The molecule has 3 aromatic rings. The van der Waals surface area contributed by atoms with Crippen LogP contribution in [-0.2, 0) is 13.6 Å². The van der Waals surface area contributed by atoms with E-state index < -0.39 is 0 Å². The predicted octanol–water partition coefficient (Wildman–Crippen LogP) is 4.51. The molecule has 0 saturated heterocycles. The lowest BCUT2D eigenvalue weighted by atomic mass is 10.2. The van der Waals surface area contributed by atoms with Crippen LogP contribution in [-0.4, -0.2) is 19.7 Å². The number of nitrogens with zero attached hydrogens (tertiary/aromatic N) is 4. The van der Waals surface area contributed by atoms with Crippen LogP contribution in [0, 0.1) is 0 Å². The largest absolute Gasteiger partial charge is 0.364 e. The molecule has 3 aromatic heterocycles. The number of hydrogen-bond donors (Lipinski definition) is 1. The topological polar surface area (TPSA) is 68.8 Å². The van der Waals surface area contributed by atoms with Gasteiger partial charge in [0.15, 0.2) is 5.82 Å². The van der Waals surface area contributed by atoms with Crippen molar-refractivity contribution in [2.24, 2.45) is 7.05 Å². The Morgan fingerprint density at radius 2 is 2.08 bits per heavy atom. The van der Waals surface area contributed by atoms with Crippen LogP contribution >= 0.6 is 23.2 Å². The van der Waals surface area contributed by atoms with Crippen molar-refractivity contribution in [3.05, 3.63) is 46.1 Å². The van der Waals surface area contributed by atoms with E-state index in [1.807, 2.05) is 43.7 Å². The Hall–Kier alpha value is -2.05. The van der Waals surface area contributed by atoms with E-state index >= 15 is 0 Å². The highest BCUT2D eigenvalue weighted by molar-refractivity contribution is 6.41. The van der Waals surface area contributed by atoms with Gasteiger partial charge in [0.25, 0.3) is 5.89 Å². The molecule has 0 aromatic carbocycles. The van der Waals surface area contributed by atoms with Gasteiger partial charge in [0.05, 0.1) is 11.6 Å². The molecule has 0 spiro atoms. The minimum absolute atomic E-state index is 0.216. The highest BCUT2D eigenvalue weighted by atomic mass is 35.5. The molecule has 0 amide bonds. The minimum atomic E-state index is 0.216. The monoisotopic (exact) mass is 365 g/mol. The molecule has 0 saturated carbocycles. The SMILES string of the molecule is CC(C)c1noc(-c2ccnc(NCc3cc(Cl)c(Cl)n3C)c2)n1. The molecule has 0 atom stereocenters. The van der Waals surface area contributed by atoms with Gasteiger partial charge in [-0.3, -0.25) is 0 Å². The van der Waals surface area contributed by atoms with Crippen LogP contribution in [0.1, 0.15) is 31.3 Å². The first-order valence-corrected chi connectivity index (χ1v) is 8.24. The first-order valence-electron chi connectivity index (χ1n) is 7.49. The quantitative estimate of drug-likeness (QED) is 0.719. The van der Waals surface area contributed by atoms with Gasteiger partial charge in [-0.15, -0.1) is 0 Å². The van der Waals surface area contributed by atoms with E-state index in [-0.39, 0.29) is 5.92 Å². The lowest BCUT2D eigenvalue weighted by Crippen LogP contribution is -2.05. The second-order valence-corrected chi connectivity index (χ2v) is 6.49. The average molecular weight is 366 g/mol. The molecule has 0 aliphatic heterocycles. The summed E-state index contributed by atoms with van der Waals surface area (Å²) in [6, 6.07) is 5.52. The van der Waals surface area contributed by atoms with Crippen molar-refractivity contribution < 1.29 is 4.52 Å². The number of halogens is 2. The molecule has 8 heteroatoms. The summed E-state index contributed by atoms with van der Waals surface area (Å²) in [6.45, 7) is 4.58. The standard InChI is InChI=1S/C16H17Cl2N5O/c1-9(2)15-21-16(24-22-15)10-4-5-19-13(6-10)20-8-11-7-12(17)14(18)23(11)3/h4-7,9H,8H2,1-3H3,(H,19,20). The summed E-state index contributed by atoms with van der Waals surface area (Å²) in [6.07, 6.45) is 1.70. The summed E-state index contributed by atoms with van der Waals surface area (Å²) in [5.41, 5.74) is 1.77. The maximum absolute atomic E-state index is 6.07. The van der Waals surface area contributed by atoms with Gasteiger partial charge in [0.1, 0.15) is 11.0 Å². The number of pyridine rings is 1. The summed E-state index contributed by atoms with van der Waals surface area (Å²) in [5, 5.41) is 8.27. The van der Waals surface area contributed by atoms with Gasteiger partial charge in [-0.05, 0) is 18.2 Å². The number of hydrogen-bond acceptors (Lipinski definition) is 5. The zero-order chi connectivity index (χ0) is 17.3. The third-order valence-corrected chi connectivity index (χ3v) is 4.47. The zero-order valence-electron chi connectivity index (χ0n) is 13.5. The first kappa shape index (κ1) is 16.8. The van der Waals surface area contributed by atoms with Gasteiger partial charge < -0.3 is 14.4 Å². The highest BCUT2D eigenvalue weighted by Gasteiger charge is 2.13. The van der Waals surface area contributed by atoms with E-state index in [0.29, 0.717) is 34.3 Å². The molecular weight excluding hydrogens is 349 g/mol. The fourth-order valence-electron chi connectivity index (χ4n) is 2.19. The third-order valence-electron chi connectivity index (χ3n) is 3.63. The molecule has 0 bridgehead atoms. The molecule has 126 valence electrons. The van der Waals surface area contributed by atoms with Crippen LogP contribution in [0.25, 0.3) is 11.5 Å². The van der Waals surface area contributed by atoms with Gasteiger partial charge in [-0.1, -0.05) is 42.2 Å². The Kier molecular flexibility index (Phi) is 4.78. The second kappa shape index (κ2) is 6.83. The molecule has 6 nitrogen and oxygen atoms in total. The van der Waals surface area contributed by atoms with Crippen molar-refractivity contribution in [1.82, 2.24) is 19.7 Å². The maximum atomic E-state index is 6.07. The summed E-state index contributed by atoms with van der Waals surface area (Å²) in [7, 11) is 1.86. The van der Waals surface area contributed by atoms with E-state index in [2.05, 4.69) is 20.4 Å². The van der Waals surface area contributed by atoms with Crippen molar-refractivity contribution in [2.75, 3.05) is 5.32 Å². The molecule has 3 rings (SSSR count). The second-order valence-electron chi connectivity index (χ2n) is 5.73. The molecule has 24 heavy (non-hydrogen) atoms. The fraction of sp³-hybridized carbons (Fsp3) is 0.312. The van der Waals surface area contributed by atoms with Crippen LogP contribution in [0.3, 0.4) is 0 Å².